The van der Waals surface area contributed by atoms with Gasteiger partial charge in [-0.05, 0) is 6.07 Å². The van der Waals surface area contributed by atoms with Gasteiger partial charge in [0.15, 0.2) is 0 Å². The molecule has 0 aromatic carbocycles. The minimum atomic E-state index is -2.48. The summed E-state index contributed by atoms with van der Waals surface area (Å²) in [5.74, 6) is 0.567. The van der Waals surface area contributed by atoms with Crippen LogP contribution in [-0.2, 0) is 5.88 Å². The van der Waals surface area contributed by atoms with Crippen molar-refractivity contribution in [2.45, 2.75) is 12.3 Å². The number of rotatable bonds is 4. The molecule has 0 spiro atoms. The van der Waals surface area contributed by atoms with Crippen molar-refractivity contribution in [3.05, 3.63) is 24.0 Å². The first kappa shape index (κ1) is 10.2. The molecule has 2 nitrogen and oxygen atoms in total. The fourth-order valence-corrected chi connectivity index (χ4v) is 1.01. The number of alkyl halides is 3. The Hall–Kier alpha value is -0.900. The predicted octanol–water partition coefficient (Wildman–Crippen LogP) is 2.46. The van der Waals surface area contributed by atoms with Crippen molar-refractivity contribution >= 4 is 11.6 Å². The second kappa shape index (κ2) is 4.97. The van der Waals surface area contributed by atoms with Crippen LogP contribution in [0.4, 0.5) is 8.78 Å². The van der Waals surface area contributed by atoms with Gasteiger partial charge in [0.2, 0.25) is 0 Å². The SMILES string of the molecule is FC(F)COc1ccncc1CCl. The smallest absolute Gasteiger partial charge is 0.272 e. The molecule has 1 heterocycles. The van der Waals surface area contributed by atoms with E-state index in [1.165, 1.54) is 18.5 Å². The highest BCUT2D eigenvalue weighted by atomic mass is 35.5. The maximum Gasteiger partial charge on any atom is 0.272 e. The summed E-state index contributed by atoms with van der Waals surface area (Å²) in [5, 5.41) is 0. The summed E-state index contributed by atoms with van der Waals surface area (Å²) in [7, 11) is 0. The van der Waals surface area contributed by atoms with Crippen molar-refractivity contribution < 1.29 is 13.5 Å². The zero-order valence-corrected chi connectivity index (χ0v) is 7.47. The third-order valence-corrected chi connectivity index (χ3v) is 1.66. The highest BCUT2D eigenvalue weighted by Gasteiger charge is 2.06. The summed E-state index contributed by atoms with van der Waals surface area (Å²) < 4.78 is 28.4. The number of pyridine rings is 1. The average Bonchev–Trinajstić information content (AvgIpc) is 2.15. The lowest BCUT2D eigenvalue weighted by Crippen LogP contribution is -2.08. The minimum absolute atomic E-state index is 0.201. The molecule has 0 atom stereocenters. The van der Waals surface area contributed by atoms with Gasteiger partial charge in [0.05, 0.1) is 5.88 Å². The van der Waals surface area contributed by atoms with Crippen LogP contribution in [-0.4, -0.2) is 18.0 Å². The van der Waals surface area contributed by atoms with Crippen LogP contribution in [0, 0.1) is 0 Å². The molecule has 0 saturated carbocycles. The lowest BCUT2D eigenvalue weighted by atomic mass is 10.3. The normalized spacial score (nSPS) is 10.5. The number of halogens is 3. The van der Waals surface area contributed by atoms with Gasteiger partial charge in [0.25, 0.3) is 6.43 Å². The Labute approximate surface area is 79.5 Å². The fraction of sp³-hybridized carbons (Fsp3) is 0.375. The number of hydrogen-bond acceptors (Lipinski definition) is 2. The molecule has 0 amide bonds. The number of ether oxygens (including phenoxy) is 1. The summed E-state index contributed by atoms with van der Waals surface area (Å²) in [4.78, 5) is 3.79. The monoisotopic (exact) mass is 207 g/mol. The van der Waals surface area contributed by atoms with Gasteiger partial charge in [-0.25, -0.2) is 8.78 Å². The molecule has 0 aliphatic rings. The molecule has 0 fully saturated rings. The molecule has 0 radical (unpaired) electrons. The summed E-state index contributed by atoms with van der Waals surface area (Å²) in [6.07, 6.45) is 0.487. The first-order valence-electron chi connectivity index (χ1n) is 3.64. The largest absolute Gasteiger partial charge is 0.487 e. The molecule has 1 aromatic rings. The van der Waals surface area contributed by atoms with E-state index in [0.717, 1.165) is 0 Å². The summed E-state index contributed by atoms with van der Waals surface area (Å²) in [6, 6.07) is 1.51. The topological polar surface area (TPSA) is 22.1 Å². The van der Waals surface area contributed by atoms with E-state index in [2.05, 4.69) is 4.98 Å². The molecule has 0 aliphatic carbocycles. The van der Waals surface area contributed by atoms with Crippen LogP contribution in [0.15, 0.2) is 18.5 Å². The van der Waals surface area contributed by atoms with Gasteiger partial charge in [0, 0.05) is 18.0 Å². The summed E-state index contributed by atoms with van der Waals surface area (Å²) >= 11 is 5.54. The average molecular weight is 208 g/mol. The first-order chi connectivity index (χ1) is 6.24. The molecular formula is C8H8ClF2NO. The first-order valence-corrected chi connectivity index (χ1v) is 4.17. The Morgan fingerprint density at radius 3 is 2.92 bits per heavy atom. The van der Waals surface area contributed by atoms with E-state index in [0.29, 0.717) is 11.3 Å². The van der Waals surface area contributed by atoms with Crippen LogP contribution in [0.3, 0.4) is 0 Å². The fourth-order valence-electron chi connectivity index (χ4n) is 0.808. The molecule has 0 N–H and O–H groups in total. The molecule has 0 unspecified atom stereocenters. The van der Waals surface area contributed by atoms with Crippen molar-refractivity contribution in [3.8, 4) is 5.75 Å². The van der Waals surface area contributed by atoms with Crippen LogP contribution in [0.25, 0.3) is 0 Å². The lowest BCUT2D eigenvalue weighted by Gasteiger charge is -2.07. The maximum atomic E-state index is 11.8. The van der Waals surface area contributed by atoms with Gasteiger partial charge in [-0.2, -0.15) is 0 Å². The number of hydrogen-bond donors (Lipinski definition) is 0. The van der Waals surface area contributed by atoms with Gasteiger partial charge >= 0.3 is 0 Å². The predicted molar refractivity (Wildman–Crippen MR) is 45.3 cm³/mol. The van der Waals surface area contributed by atoms with Crippen molar-refractivity contribution in [2.75, 3.05) is 6.61 Å². The van der Waals surface area contributed by atoms with Gasteiger partial charge in [-0.15, -0.1) is 11.6 Å². The number of nitrogens with zero attached hydrogens (tertiary/aromatic N) is 1. The van der Waals surface area contributed by atoms with Crippen LogP contribution in [0.5, 0.6) is 5.75 Å². The van der Waals surface area contributed by atoms with Gasteiger partial charge in [-0.3, -0.25) is 4.98 Å². The van der Waals surface area contributed by atoms with Gasteiger partial charge in [-0.1, -0.05) is 0 Å². The van der Waals surface area contributed by atoms with Crippen molar-refractivity contribution in [3.63, 3.8) is 0 Å². The highest BCUT2D eigenvalue weighted by molar-refractivity contribution is 6.17. The van der Waals surface area contributed by atoms with E-state index in [-0.39, 0.29) is 5.88 Å². The van der Waals surface area contributed by atoms with E-state index < -0.39 is 13.0 Å². The Morgan fingerprint density at radius 2 is 2.31 bits per heavy atom. The van der Waals surface area contributed by atoms with E-state index in [1.54, 1.807) is 0 Å². The van der Waals surface area contributed by atoms with Gasteiger partial charge in [0.1, 0.15) is 12.4 Å². The molecule has 1 aromatic heterocycles. The Bertz CT molecular complexity index is 270. The van der Waals surface area contributed by atoms with E-state index >= 15 is 0 Å². The molecule has 13 heavy (non-hydrogen) atoms. The second-order valence-corrected chi connectivity index (χ2v) is 2.59. The van der Waals surface area contributed by atoms with Crippen LogP contribution in [0.2, 0.25) is 0 Å². The Morgan fingerprint density at radius 1 is 1.54 bits per heavy atom. The molecular weight excluding hydrogens is 200 g/mol. The van der Waals surface area contributed by atoms with Crippen molar-refractivity contribution in [1.29, 1.82) is 0 Å². The van der Waals surface area contributed by atoms with Crippen molar-refractivity contribution in [1.82, 2.24) is 4.98 Å². The molecule has 5 heteroatoms. The molecule has 1 rings (SSSR count). The summed E-state index contributed by atoms with van der Waals surface area (Å²) in [5.41, 5.74) is 0.616. The van der Waals surface area contributed by atoms with E-state index in [1.807, 2.05) is 0 Å². The lowest BCUT2D eigenvalue weighted by molar-refractivity contribution is 0.0815. The van der Waals surface area contributed by atoms with Crippen LogP contribution >= 0.6 is 11.6 Å². The van der Waals surface area contributed by atoms with Crippen molar-refractivity contribution in [2.24, 2.45) is 0 Å². The Kier molecular flexibility index (Phi) is 3.89. The Balaban J connectivity index is 2.64. The molecule has 72 valence electrons. The molecule has 0 bridgehead atoms. The van der Waals surface area contributed by atoms with E-state index in [9.17, 15) is 8.78 Å². The molecule has 0 saturated heterocycles. The van der Waals surface area contributed by atoms with Gasteiger partial charge < -0.3 is 4.74 Å². The standard InChI is InChI=1S/C8H8ClF2NO/c9-3-6-4-12-2-1-7(6)13-5-8(10)11/h1-2,4,8H,3,5H2. The highest BCUT2D eigenvalue weighted by Crippen LogP contribution is 2.18. The third-order valence-electron chi connectivity index (χ3n) is 1.37. The molecule has 0 aliphatic heterocycles. The van der Waals surface area contributed by atoms with Crippen LogP contribution < -0.4 is 4.74 Å². The maximum absolute atomic E-state index is 11.8. The minimum Gasteiger partial charge on any atom is -0.487 e. The quantitative estimate of drug-likeness (QED) is 0.708. The zero-order valence-electron chi connectivity index (χ0n) is 6.71. The zero-order chi connectivity index (χ0) is 9.68. The van der Waals surface area contributed by atoms with E-state index in [4.69, 9.17) is 16.3 Å². The second-order valence-electron chi connectivity index (χ2n) is 2.32. The summed E-state index contributed by atoms with van der Waals surface area (Å²) in [6.45, 7) is -0.617. The third kappa shape index (κ3) is 3.14. The van der Waals surface area contributed by atoms with Crippen LogP contribution in [0.1, 0.15) is 5.56 Å². The number of aromatic nitrogens is 1.